The maximum Gasteiger partial charge on any atom is 0.310 e. The van der Waals surface area contributed by atoms with Crippen molar-refractivity contribution in [2.45, 2.75) is 62.7 Å². The Hall–Kier alpha value is -0.780. The molecule has 0 aromatic heterocycles. The highest BCUT2D eigenvalue weighted by atomic mass is 32.5. The summed E-state index contributed by atoms with van der Waals surface area (Å²) in [6, 6.07) is 3.54. The summed E-state index contributed by atoms with van der Waals surface area (Å²) in [7, 11) is -9.54. The minimum Gasteiger partial charge on any atom is -0.0936 e. The molecule has 1 aromatic carbocycles. The van der Waals surface area contributed by atoms with E-state index in [4.69, 9.17) is 0 Å². The van der Waals surface area contributed by atoms with Crippen LogP contribution in [0.2, 0.25) is 0 Å². The lowest BCUT2D eigenvalue weighted by atomic mass is 9.77. The minimum absolute atomic E-state index is 0.199. The highest BCUT2D eigenvalue weighted by molar-refractivity contribution is 8.45. The van der Waals surface area contributed by atoms with Crippen molar-refractivity contribution in [1.29, 1.82) is 0 Å². The summed E-state index contributed by atoms with van der Waals surface area (Å²) in [5.41, 5.74) is 0.750. The number of hydrogen-bond acceptors (Lipinski definition) is 0. The first-order chi connectivity index (χ1) is 9.99. The van der Waals surface area contributed by atoms with Gasteiger partial charge in [0.25, 0.3) is 0 Å². The van der Waals surface area contributed by atoms with Crippen LogP contribution in [0.4, 0.5) is 19.4 Å². The fraction of sp³-hybridized carbons (Fsp3) is 0.625. The van der Waals surface area contributed by atoms with Gasteiger partial charge in [0.05, 0.1) is 0 Å². The van der Waals surface area contributed by atoms with Gasteiger partial charge in [0.1, 0.15) is 4.90 Å². The Morgan fingerprint density at radius 3 is 1.91 bits per heavy atom. The van der Waals surface area contributed by atoms with E-state index in [-0.39, 0.29) is 5.92 Å². The summed E-state index contributed by atoms with van der Waals surface area (Å²) < 4.78 is 63.5. The average molecular weight is 342 g/mol. The molecule has 1 aliphatic carbocycles. The molecule has 0 unspecified atom stereocenters. The molecule has 1 saturated carbocycles. The van der Waals surface area contributed by atoms with Crippen LogP contribution >= 0.6 is 10.2 Å². The summed E-state index contributed by atoms with van der Waals surface area (Å²) in [6.07, 6.45) is 7.63. The van der Waals surface area contributed by atoms with Gasteiger partial charge in [-0.3, -0.25) is 0 Å². The lowest BCUT2D eigenvalue weighted by molar-refractivity contribution is 0.304. The minimum atomic E-state index is -9.54. The largest absolute Gasteiger partial charge is 0.310 e. The van der Waals surface area contributed by atoms with Gasteiger partial charge in [0.2, 0.25) is 0 Å². The summed E-state index contributed by atoms with van der Waals surface area (Å²) >= 11 is 0. The van der Waals surface area contributed by atoms with Gasteiger partial charge >= 0.3 is 10.2 Å². The zero-order chi connectivity index (χ0) is 16.5. The molecular weight excluding hydrogens is 319 g/mol. The molecular formula is C16H23F5S. The van der Waals surface area contributed by atoms with Gasteiger partial charge < -0.3 is 0 Å². The van der Waals surface area contributed by atoms with Gasteiger partial charge in [-0.15, -0.1) is 0 Å². The maximum atomic E-state index is 12.7. The van der Waals surface area contributed by atoms with E-state index < -0.39 is 15.1 Å². The third-order valence-corrected chi connectivity index (χ3v) is 5.77. The molecule has 1 aromatic rings. The van der Waals surface area contributed by atoms with E-state index in [1.54, 1.807) is 0 Å². The van der Waals surface area contributed by atoms with Crippen LogP contribution in [0.15, 0.2) is 29.2 Å². The normalized spacial score (nSPS) is 26.3. The van der Waals surface area contributed by atoms with E-state index in [2.05, 4.69) is 6.92 Å². The predicted octanol–water partition coefficient (Wildman–Crippen LogP) is 7.81. The Labute approximate surface area is 128 Å². The SMILES string of the molecule is CCCCC1CCC(c2ccc(S(F)(F)(F)(F)F)cc2)CC1. The number of hydrogen-bond donors (Lipinski definition) is 0. The molecule has 0 saturated heterocycles. The smallest absolute Gasteiger partial charge is 0.0936 e. The quantitative estimate of drug-likeness (QED) is 0.479. The van der Waals surface area contributed by atoms with E-state index in [0.717, 1.165) is 31.2 Å². The first-order valence-electron chi connectivity index (χ1n) is 7.83. The van der Waals surface area contributed by atoms with Crippen LogP contribution in [0.3, 0.4) is 0 Å². The average Bonchev–Trinajstić information content (AvgIpc) is 2.43. The third kappa shape index (κ3) is 4.61. The summed E-state index contributed by atoms with van der Waals surface area (Å²) in [5.74, 6) is 0.908. The molecule has 128 valence electrons. The van der Waals surface area contributed by atoms with Gasteiger partial charge in [-0.05, 0) is 55.2 Å². The number of unbranched alkanes of at least 4 members (excludes halogenated alkanes) is 1. The molecule has 0 aliphatic heterocycles. The Bertz CT molecular complexity index is 497. The van der Waals surface area contributed by atoms with Crippen LogP contribution in [0.1, 0.15) is 63.4 Å². The van der Waals surface area contributed by atoms with E-state index >= 15 is 0 Å². The van der Waals surface area contributed by atoms with Crippen LogP contribution in [-0.4, -0.2) is 0 Å². The molecule has 0 nitrogen and oxygen atoms in total. The lowest BCUT2D eigenvalue weighted by Gasteiger charge is -2.40. The molecule has 0 bridgehead atoms. The molecule has 6 heteroatoms. The second-order valence-electron chi connectivity index (χ2n) is 6.40. The molecule has 0 heterocycles. The zero-order valence-electron chi connectivity index (χ0n) is 12.7. The second-order valence-corrected chi connectivity index (χ2v) is 8.81. The Morgan fingerprint density at radius 1 is 0.909 bits per heavy atom. The van der Waals surface area contributed by atoms with E-state index in [0.29, 0.717) is 18.1 Å². The van der Waals surface area contributed by atoms with Gasteiger partial charge in [-0.2, -0.15) is 0 Å². The molecule has 0 spiro atoms. The van der Waals surface area contributed by atoms with Crippen LogP contribution in [0.25, 0.3) is 0 Å². The molecule has 0 amide bonds. The molecule has 22 heavy (non-hydrogen) atoms. The Kier molecular flexibility index (Phi) is 4.31. The Balaban J connectivity index is 2.01. The maximum absolute atomic E-state index is 12.7. The van der Waals surface area contributed by atoms with Crippen molar-refractivity contribution in [3.05, 3.63) is 29.8 Å². The van der Waals surface area contributed by atoms with Crippen molar-refractivity contribution >= 4 is 10.2 Å². The zero-order valence-corrected chi connectivity index (χ0v) is 13.5. The lowest BCUT2D eigenvalue weighted by Crippen LogP contribution is -2.13. The van der Waals surface area contributed by atoms with E-state index in [1.165, 1.54) is 31.4 Å². The molecule has 1 fully saturated rings. The van der Waals surface area contributed by atoms with Crippen molar-refractivity contribution in [2.24, 2.45) is 5.92 Å². The summed E-state index contributed by atoms with van der Waals surface area (Å²) in [4.78, 5) is -1.79. The number of halogens is 5. The van der Waals surface area contributed by atoms with Crippen LogP contribution < -0.4 is 0 Å². The fourth-order valence-electron chi connectivity index (χ4n) is 3.27. The van der Waals surface area contributed by atoms with Crippen LogP contribution in [0, 0.1) is 5.92 Å². The molecule has 2 rings (SSSR count). The van der Waals surface area contributed by atoms with Crippen molar-refractivity contribution in [2.75, 3.05) is 0 Å². The number of rotatable bonds is 5. The van der Waals surface area contributed by atoms with Gasteiger partial charge in [-0.1, -0.05) is 57.7 Å². The summed E-state index contributed by atoms with van der Waals surface area (Å²) in [5, 5.41) is 0. The first kappa shape index (κ1) is 17.6. The second kappa shape index (κ2) is 5.39. The predicted molar refractivity (Wildman–Crippen MR) is 82.1 cm³/mol. The van der Waals surface area contributed by atoms with Crippen LogP contribution in [-0.2, 0) is 0 Å². The van der Waals surface area contributed by atoms with E-state index in [9.17, 15) is 19.4 Å². The Morgan fingerprint density at radius 2 is 1.45 bits per heavy atom. The van der Waals surface area contributed by atoms with Crippen molar-refractivity contribution in [3.8, 4) is 0 Å². The fourth-order valence-corrected chi connectivity index (χ4v) is 3.92. The van der Waals surface area contributed by atoms with Crippen molar-refractivity contribution in [3.63, 3.8) is 0 Å². The van der Waals surface area contributed by atoms with Crippen molar-refractivity contribution in [1.82, 2.24) is 0 Å². The number of benzene rings is 1. The standard InChI is InChI=1S/C16H23F5S/c1-2-3-4-13-5-7-14(8-6-13)15-9-11-16(12-10-15)22(17,18,19,20)21/h9-14H,2-8H2,1H3. The molecule has 1 aliphatic rings. The topological polar surface area (TPSA) is 0 Å². The third-order valence-electron chi connectivity index (χ3n) is 4.61. The highest BCUT2D eigenvalue weighted by Gasteiger charge is 2.65. The first-order valence-corrected chi connectivity index (χ1v) is 9.79. The van der Waals surface area contributed by atoms with Crippen LogP contribution in [0.5, 0.6) is 0 Å². The van der Waals surface area contributed by atoms with Crippen molar-refractivity contribution < 1.29 is 19.4 Å². The van der Waals surface area contributed by atoms with E-state index in [1.807, 2.05) is 0 Å². The van der Waals surface area contributed by atoms with Gasteiger partial charge in [-0.25, -0.2) is 0 Å². The highest BCUT2D eigenvalue weighted by Crippen LogP contribution is 3.02. The molecule has 0 N–H and O–H groups in total. The molecule has 0 radical (unpaired) electrons. The molecule has 0 atom stereocenters. The van der Waals surface area contributed by atoms with Gasteiger partial charge in [0, 0.05) is 0 Å². The monoisotopic (exact) mass is 342 g/mol. The van der Waals surface area contributed by atoms with Gasteiger partial charge in [0.15, 0.2) is 0 Å². The summed E-state index contributed by atoms with van der Waals surface area (Å²) in [6.45, 7) is 2.16.